The van der Waals surface area contributed by atoms with Crippen LogP contribution in [0.3, 0.4) is 0 Å². The first kappa shape index (κ1) is 43.4. The molecule has 14 heteroatoms. The van der Waals surface area contributed by atoms with Crippen molar-refractivity contribution in [2.75, 3.05) is 30.1 Å². The molecule has 5 rings (SSSR count). The molecule has 0 bridgehead atoms. The first-order chi connectivity index (χ1) is 26.7. The minimum Gasteiger partial charge on any atom is -0.483 e. The fraction of sp³-hybridized carbons (Fsp3) is 0.333. The fourth-order valence-electron chi connectivity index (χ4n) is 6.53. The Balaban J connectivity index is 0.00000166. The van der Waals surface area contributed by atoms with Gasteiger partial charge in [0, 0.05) is 42.7 Å². The molecule has 0 saturated carbocycles. The number of amidine groups is 1. The van der Waals surface area contributed by atoms with Gasteiger partial charge in [-0.15, -0.1) is 11.8 Å². The van der Waals surface area contributed by atoms with Crippen LogP contribution in [0.5, 0.6) is 5.75 Å². The highest BCUT2D eigenvalue weighted by Crippen LogP contribution is 2.47. The number of benzene rings is 4. The van der Waals surface area contributed by atoms with Gasteiger partial charge in [0.1, 0.15) is 17.6 Å². The molecule has 56 heavy (non-hydrogen) atoms. The average Bonchev–Trinajstić information content (AvgIpc) is 3.28. The van der Waals surface area contributed by atoms with E-state index in [0.29, 0.717) is 34.7 Å². The van der Waals surface area contributed by atoms with Gasteiger partial charge in [0.05, 0.1) is 21.2 Å². The number of para-hydroxylation sites is 1. The number of ether oxygens (including phenoxy) is 1. The van der Waals surface area contributed by atoms with E-state index in [0.717, 1.165) is 37.4 Å². The number of nitrogens with one attached hydrogen (secondary N) is 3. The smallest absolute Gasteiger partial charge is 0.300 e. The Morgan fingerprint density at radius 3 is 2.20 bits per heavy atom. The van der Waals surface area contributed by atoms with Crippen molar-refractivity contribution in [1.29, 1.82) is 5.41 Å². The number of carboxylic acids is 1. The third-order valence-electron chi connectivity index (χ3n) is 9.53. The monoisotopic (exact) mass is 801 g/mol. The Hall–Kier alpha value is -5.34. The molecule has 298 valence electrons. The normalized spacial score (nSPS) is 16.2. The van der Waals surface area contributed by atoms with E-state index in [4.69, 9.17) is 25.8 Å². The second kappa shape index (κ2) is 20.0. The van der Waals surface area contributed by atoms with E-state index in [-0.39, 0.29) is 28.8 Å². The average molecular weight is 802 g/mol. The highest BCUT2D eigenvalue weighted by Gasteiger charge is 2.42. The molecular formula is C42H51N5O7S2. The van der Waals surface area contributed by atoms with Gasteiger partial charge in [0.25, 0.3) is 11.9 Å². The number of carbonyl (C=O) groups excluding carboxylic acids is 2. The van der Waals surface area contributed by atoms with Crippen molar-refractivity contribution in [3.63, 3.8) is 0 Å². The Morgan fingerprint density at radius 1 is 1.00 bits per heavy atom. The molecule has 0 aliphatic carbocycles. The van der Waals surface area contributed by atoms with Gasteiger partial charge < -0.3 is 31.1 Å². The Bertz CT molecular complexity index is 2080. The number of anilines is 2. The number of amides is 2. The lowest BCUT2D eigenvalue weighted by Crippen LogP contribution is -2.41. The maximum atomic E-state index is 14.3. The zero-order chi connectivity index (χ0) is 40.9. The molecule has 0 spiro atoms. The van der Waals surface area contributed by atoms with Crippen LogP contribution in [0.1, 0.15) is 69.2 Å². The molecule has 4 aromatic rings. The number of aliphatic carboxylic acids is 1. The molecule has 1 unspecified atom stereocenters. The number of sulfone groups is 1. The van der Waals surface area contributed by atoms with E-state index >= 15 is 0 Å². The summed E-state index contributed by atoms with van der Waals surface area (Å²) >= 11 is 1.41. The van der Waals surface area contributed by atoms with E-state index in [1.807, 2.05) is 48.7 Å². The molecule has 1 aliphatic rings. The van der Waals surface area contributed by atoms with Crippen LogP contribution in [0.15, 0.2) is 107 Å². The zero-order valence-corrected chi connectivity index (χ0v) is 33.8. The van der Waals surface area contributed by atoms with E-state index in [2.05, 4.69) is 29.4 Å². The predicted molar refractivity (Wildman–Crippen MR) is 221 cm³/mol. The number of unbranched alkanes of at least 4 members (excludes halogenated alkanes) is 1. The van der Waals surface area contributed by atoms with Gasteiger partial charge in [-0.3, -0.25) is 19.8 Å². The van der Waals surface area contributed by atoms with E-state index in [9.17, 15) is 18.0 Å². The van der Waals surface area contributed by atoms with Crippen molar-refractivity contribution in [2.45, 2.75) is 68.8 Å². The van der Waals surface area contributed by atoms with Crippen LogP contribution in [-0.4, -0.2) is 62.3 Å². The number of nitrogens with zero attached hydrogens (tertiary/aromatic N) is 1. The number of fused-ring (bicyclic) bond motifs is 1. The van der Waals surface area contributed by atoms with Gasteiger partial charge >= 0.3 is 0 Å². The number of hydrogen-bond acceptors (Lipinski definition) is 9. The molecule has 0 radical (unpaired) electrons. The lowest BCUT2D eigenvalue weighted by molar-refractivity contribution is -0.134. The first-order valence-corrected chi connectivity index (χ1v) is 21.2. The second-order valence-corrected chi connectivity index (χ2v) is 16.5. The lowest BCUT2D eigenvalue weighted by atomic mass is 9.81. The molecular weight excluding hydrogens is 751 g/mol. The lowest BCUT2D eigenvalue weighted by Gasteiger charge is -2.36. The summed E-state index contributed by atoms with van der Waals surface area (Å²) in [5, 5.41) is 20.7. The van der Waals surface area contributed by atoms with Crippen molar-refractivity contribution in [3.05, 3.63) is 114 Å². The van der Waals surface area contributed by atoms with Crippen LogP contribution >= 0.6 is 11.8 Å². The summed E-state index contributed by atoms with van der Waals surface area (Å²) in [4.78, 5) is 38.9. The van der Waals surface area contributed by atoms with Crippen LogP contribution < -0.4 is 26.0 Å². The third-order valence-corrected chi connectivity index (χ3v) is 12.3. The number of carboxylic acid groups (broad SMARTS) is 1. The molecule has 0 saturated heterocycles. The van der Waals surface area contributed by atoms with Crippen LogP contribution in [0, 0.1) is 10.8 Å². The summed E-state index contributed by atoms with van der Waals surface area (Å²) in [6.07, 6.45) is 5.29. The Morgan fingerprint density at radius 2 is 1.62 bits per heavy atom. The Kier molecular flexibility index (Phi) is 15.5. The van der Waals surface area contributed by atoms with E-state index in [1.165, 1.54) is 11.8 Å². The molecule has 2 amide bonds. The summed E-state index contributed by atoms with van der Waals surface area (Å²) in [6, 6.07) is 28.1. The van der Waals surface area contributed by atoms with Crippen LogP contribution in [-0.2, 0) is 30.8 Å². The summed E-state index contributed by atoms with van der Waals surface area (Å²) in [7, 11) is -3.76. The molecule has 0 fully saturated rings. The van der Waals surface area contributed by atoms with Crippen molar-refractivity contribution in [1.82, 2.24) is 10.6 Å². The number of thioether (sulfide) groups is 1. The number of carbonyl (C=O) groups is 3. The third kappa shape index (κ3) is 11.6. The standard InChI is InChI=1S/C40H47N5O5S2.C2H4O2/c1-4-6-21-40(5-2)26-45(31-15-11-8-12-16-31)32-22-34(51-3)33(23-35(32)52(48,49)27-40)50-25-36(46)44-37(29-13-9-7-10-14-29)39(47)43-24-28-17-19-30(20-18-28)38(41)42;1-2(3)4/h7-20,22-23,37H,4-6,21,24-27H2,1-3H3,(H3,41,42)(H,43,47)(H,44,46);1H3,(H,3,4)/t37-,40?;/m1./s1. The number of nitrogens with two attached hydrogens (primary N) is 1. The van der Waals surface area contributed by atoms with Crippen LogP contribution in [0.25, 0.3) is 0 Å². The second-order valence-electron chi connectivity index (χ2n) is 13.7. The molecule has 1 heterocycles. The van der Waals surface area contributed by atoms with Gasteiger partial charge in [-0.25, -0.2) is 8.42 Å². The van der Waals surface area contributed by atoms with Crippen molar-refractivity contribution < 1.29 is 32.6 Å². The molecule has 4 aromatic carbocycles. The number of nitrogen functional groups attached to an aromatic ring is 1. The quantitative estimate of drug-likeness (QED) is 0.0483. The van der Waals surface area contributed by atoms with Crippen molar-refractivity contribution in [3.8, 4) is 5.75 Å². The summed E-state index contributed by atoms with van der Waals surface area (Å²) < 4.78 is 34.6. The molecule has 2 atom stereocenters. The van der Waals surface area contributed by atoms with E-state index < -0.39 is 45.7 Å². The van der Waals surface area contributed by atoms with Gasteiger partial charge in [-0.2, -0.15) is 0 Å². The maximum absolute atomic E-state index is 14.3. The minimum absolute atomic E-state index is 0.0140. The fourth-order valence-corrected chi connectivity index (χ4v) is 9.25. The number of rotatable bonds is 15. The maximum Gasteiger partial charge on any atom is 0.300 e. The number of hydrogen-bond donors (Lipinski definition) is 5. The van der Waals surface area contributed by atoms with Crippen LogP contribution in [0.4, 0.5) is 11.4 Å². The predicted octanol–water partition coefficient (Wildman–Crippen LogP) is 6.85. The molecule has 12 nitrogen and oxygen atoms in total. The van der Waals surface area contributed by atoms with Gasteiger partial charge in [-0.05, 0) is 48.4 Å². The van der Waals surface area contributed by atoms with Crippen molar-refractivity contribution >= 4 is 56.6 Å². The summed E-state index contributed by atoms with van der Waals surface area (Å²) in [6.45, 7) is 5.59. The summed E-state index contributed by atoms with van der Waals surface area (Å²) in [5.41, 5.74) is 8.58. The zero-order valence-electron chi connectivity index (χ0n) is 32.2. The Labute approximate surface area is 333 Å². The van der Waals surface area contributed by atoms with Gasteiger partial charge in [0.2, 0.25) is 5.91 Å². The highest BCUT2D eigenvalue weighted by molar-refractivity contribution is 7.98. The molecule has 6 N–H and O–H groups in total. The molecule has 1 aliphatic heterocycles. The van der Waals surface area contributed by atoms with Gasteiger partial charge in [0.15, 0.2) is 16.4 Å². The molecule has 0 aromatic heterocycles. The largest absolute Gasteiger partial charge is 0.483 e. The van der Waals surface area contributed by atoms with Gasteiger partial charge in [-0.1, -0.05) is 99.5 Å². The topological polar surface area (TPSA) is 192 Å². The summed E-state index contributed by atoms with van der Waals surface area (Å²) in [5.74, 6) is -1.54. The van der Waals surface area contributed by atoms with Crippen LogP contribution in [0.2, 0.25) is 0 Å². The highest BCUT2D eigenvalue weighted by atomic mass is 32.2. The minimum atomic E-state index is -3.76. The first-order valence-electron chi connectivity index (χ1n) is 18.4. The van der Waals surface area contributed by atoms with E-state index in [1.54, 1.807) is 54.6 Å². The van der Waals surface area contributed by atoms with Crippen molar-refractivity contribution in [2.24, 2.45) is 11.1 Å². The SMILES string of the molecule is CC(=O)O.CCCCC1(CC)CN(c2ccccc2)c2cc(SC)c(OCC(=O)N[C@@H](C(=O)NCc3ccc(C(=N)N)cc3)c3ccccc3)cc2S(=O)(=O)C1.